The normalized spacial score (nSPS) is 17.8. The molecule has 3 rings (SSSR count). The molecular weight excluding hydrogens is 314 g/mol. The number of anilines is 1. The second kappa shape index (κ2) is 5.49. The SMILES string of the molecule is COc1cccc(C2CCc3c(Br)cccc3N2C)c1. The fourth-order valence-electron chi connectivity index (χ4n) is 3.01. The van der Waals surface area contributed by atoms with Crippen LogP contribution in [0.2, 0.25) is 0 Å². The number of rotatable bonds is 2. The molecule has 0 spiro atoms. The van der Waals surface area contributed by atoms with Gasteiger partial charge in [-0.25, -0.2) is 0 Å². The minimum absolute atomic E-state index is 0.409. The molecule has 1 aliphatic heterocycles. The molecule has 1 atom stereocenters. The minimum Gasteiger partial charge on any atom is -0.497 e. The van der Waals surface area contributed by atoms with Crippen molar-refractivity contribution < 1.29 is 4.74 Å². The maximum absolute atomic E-state index is 5.34. The van der Waals surface area contributed by atoms with Gasteiger partial charge in [0, 0.05) is 17.2 Å². The number of methoxy groups -OCH3 is 1. The molecule has 0 bridgehead atoms. The Morgan fingerprint density at radius 2 is 2.00 bits per heavy atom. The van der Waals surface area contributed by atoms with E-state index in [4.69, 9.17) is 4.74 Å². The van der Waals surface area contributed by atoms with Crippen LogP contribution >= 0.6 is 15.9 Å². The van der Waals surface area contributed by atoms with Crippen molar-refractivity contribution in [3.8, 4) is 5.75 Å². The lowest BCUT2D eigenvalue weighted by atomic mass is 9.92. The van der Waals surface area contributed by atoms with Crippen molar-refractivity contribution >= 4 is 21.6 Å². The van der Waals surface area contributed by atoms with Crippen LogP contribution in [0.1, 0.15) is 23.6 Å². The predicted octanol–water partition coefficient (Wildman–Crippen LogP) is 4.58. The van der Waals surface area contributed by atoms with Crippen molar-refractivity contribution in [2.24, 2.45) is 0 Å². The summed E-state index contributed by atoms with van der Waals surface area (Å²) in [5.41, 5.74) is 4.05. The van der Waals surface area contributed by atoms with E-state index in [1.54, 1.807) is 7.11 Å². The molecule has 3 heteroatoms. The molecule has 0 N–H and O–H groups in total. The quantitative estimate of drug-likeness (QED) is 0.798. The highest BCUT2D eigenvalue weighted by molar-refractivity contribution is 9.10. The van der Waals surface area contributed by atoms with Gasteiger partial charge in [0.15, 0.2) is 0 Å². The van der Waals surface area contributed by atoms with Gasteiger partial charge in [0.1, 0.15) is 5.75 Å². The molecule has 1 aliphatic rings. The van der Waals surface area contributed by atoms with Gasteiger partial charge in [-0.05, 0) is 48.2 Å². The number of nitrogens with zero attached hydrogens (tertiary/aromatic N) is 1. The lowest BCUT2D eigenvalue weighted by molar-refractivity contribution is 0.413. The van der Waals surface area contributed by atoms with Crippen LogP contribution in [-0.2, 0) is 6.42 Å². The zero-order valence-electron chi connectivity index (χ0n) is 11.8. The summed E-state index contributed by atoms with van der Waals surface area (Å²) in [6, 6.07) is 15.2. The fourth-order valence-corrected chi connectivity index (χ4v) is 3.56. The zero-order valence-corrected chi connectivity index (χ0v) is 13.4. The van der Waals surface area contributed by atoms with Crippen molar-refractivity contribution in [3.05, 3.63) is 58.1 Å². The summed E-state index contributed by atoms with van der Waals surface area (Å²) in [5.74, 6) is 0.927. The van der Waals surface area contributed by atoms with Gasteiger partial charge in [-0.3, -0.25) is 0 Å². The van der Waals surface area contributed by atoms with Gasteiger partial charge in [0.05, 0.1) is 13.2 Å². The van der Waals surface area contributed by atoms with Crippen molar-refractivity contribution in [1.29, 1.82) is 0 Å². The van der Waals surface area contributed by atoms with Crippen LogP contribution in [0.5, 0.6) is 5.75 Å². The molecule has 2 nitrogen and oxygen atoms in total. The van der Waals surface area contributed by atoms with E-state index in [1.165, 1.54) is 21.3 Å². The lowest BCUT2D eigenvalue weighted by Gasteiger charge is -2.37. The first kappa shape index (κ1) is 13.5. The van der Waals surface area contributed by atoms with Crippen LogP contribution in [0.3, 0.4) is 0 Å². The number of ether oxygens (including phenoxy) is 1. The number of hydrogen-bond acceptors (Lipinski definition) is 2. The molecule has 0 saturated carbocycles. The van der Waals surface area contributed by atoms with Gasteiger partial charge in [-0.2, -0.15) is 0 Å². The highest BCUT2D eigenvalue weighted by Crippen LogP contribution is 2.40. The Morgan fingerprint density at radius 1 is 1.20 bits per heavy atom. The molecule has 1 unspecified atom stereocenters. The van der Waals surface area contributed by atoms with E-state index >= 15 is 0 Å². The van der Waals surface area contributed by atoms with E-state index in [0.29, 0.717) is 6.04 Å². The second-order valence-corrected chi connectivity index (χ2v) is 6.03. The summed E-state index contributed by atoms with van der Waals surface area (Å²) in [6.45, 7) is 0. The number of fused-ring (bicyclic) bond motifs is 1. The van der Waals surface area contributed by atoms with E-state index in [2.05, 4.69) is 64.3 Å². The van der Waals surface area contributed by atoms with Crippen LogP contribution in [0.4, 0.5) is 5.69 Å². The van der Waals surface area contributed by atoms with E-state index < -0.39 is 0 Å². The van der Waals surface area contributed by atoms with E-state index in [-0.39, 0.29) is 0 Å². The van der Waals surface area contributed by atoms with Gasteiger partial charge in [0.2, 0.25) is 0 Å². The first-order valence-electron chi connectivity index (χ1n) is 6.85. The fraction of sp³-hybridized carbons (Fsp3) is 0.294. The Hall–Kier alpha value is -1.48. The first-order valence-corrected chi connectivity index (χ1v) is 7.64. The predicted molar refractivity (Wildman–Crippen MR) is 86.6 cm³/mol. The molecule has 20 heavy (non-hydrogen) atoms. The monoisotopic (exact) mass is 331 g/mol. The number of hydrogen-bond donors (Lipinski definition) is 0. The highest BCUT2D eigenvalue weighted by atomic mass is 79.9. The average Bonchev–Trinajstić information content (AvgIpc) is 2.48. The molecule has 104 valence electrons. The lowest BCUT2D eigenvalue weighted by Crippen LogP contribution is -2.29. The summed E-state index contributed by atoms with van der Waals surface area (Å²) in [7, 11) is 3.89. The number of halogens is 1. The van der Waals surface area contributed by atoms with Crippen molar-refractivity contribution in [2.45, 2.75) is 18.9 Å². The zero-order chi connectivity index (χ0) is 14.1. The van der Waals surface area contributed by atoms with Crippen LogP contribution < -0.4 is 9.64 Å². The molecular formula is C17H18BrNO. The molecule has 0 radical (unpaired) electrons. The molecule has 0 fully saturated rings. The van der Waals surface area contributed by atoms with Crippen LogP contribution in [0.15, 0.2) is 46.9 Å². The summed E-state index contributed by atoms with van der Waals surface area (Å²) >= 11 is 3.66. The van der Waals surface area contributed by atoms with Crippen LogP contribution in [0, 0.1) is 0 Å². The van der Waals surface area contributed by atoms with Crippen molar-refractivity contribution in [1.82, 2.24) is 0 Å². The van der Waals surface area contributed by atoms with Gasteiger partial charge in [0.25, 0.3) is 0 Å². The van der Waals surface area contributed by atoms with Crippen molar-refractivity contribution in [3.63, 3.8) is 0 Å². The molecule has 0 saturated heterocycles. The third-order valence-corrected chi connectivity index (χ3v) is 4.83. The molecule has 0 aromatic heterocycles. The topological polar surface area (TPSA) is 12.5 Å². The summed E-state index contributed by atoms with van der Waals surface area (Å²) in [6.07, 6.45) is 2.22. The Morgan fingerprint density at radius 3 is 2.80 bits per heavy atom. The smallest absolute Gasteiger partial charge is 0.119 e. The van der Waals surface area contributed by atoms with Gasteiger partial charge in [-0.1, -0.05) is 34.1 Å². The number of benzene rings is 2. The maximum atomic E-state index is 5.34. The van der Waals surface area contributed by atoms with Crippen LogP contribution in [-0.4, -0.2) is 14.2 Å². The Bertz CT molecular complexity index is 626. The van der Waals surface area contributed by atoms with E-state index in [9.17, 15) is 0 Å². The van der Waals surface area contributed by atoms with Gasteiger partial charge < -0.3 is 9.64 Å². The second-order valence-electron chi connectivity index (χ2n) is 5.18. The Balaban J connectivity index is 1.97. The Kier molecular flexibility index (Phi) is 3.70. The van der Waals surface area contributed by atoms with E-state index in [1.807, 2.05) is 6.07 Å². The largest absolute Gasteiger partial charge is 0.497 e. The summed E-state index contributed by atoms with van der Waals surface area (Å²) < 4.78 is 6.56. The first-order chi connectivity index (χ1) is 9.70. The summed E-state index contributed by atoms with van der Waals surface area (Å²) in [4.78, 5) is 2.37. The molecule has 2 aromatic carbocycles. The standard InChI is InChI=1S/C17H18BrNO/c1-19-16(12-5-3-6-13(11-12)20-2)10-9-14-15(18)7-4-8-17(14)19/h3-8,11,16H,9-10H2,1-2H3. The summed E-state index contributed by atoms with van der Waals surface area (Å²) in [5, 5.41) is 0. The molecule has 2 aromatic rings. The Labute approximate surface area is 128 Å². The van der Waals surface area contributed by atoms with Crippen LogP contribution in [0.25, 0.3) is 0 Å². The minimum atomic E-state index is 0.409. The van der Waals surface area contributed by atoms with E-state index in [0.717, 1.165) is 18.6 Å². The molecule has 0 aliphatic carbocycles. The highest BCUT2D eigenvalue weighted by Gasteiger charge is 2.25. The van der Waals surface area contributed by atoms with Gasteiger partial charge in [-0.15, -0.1) is 0 Å². The molecule has 1 heterocycles. The average molecular weight is 332 g/mol. The van der Waals surface area contributed by atoms with Gasteiger partial charge >= 0.3 is 0 Å². The third kappa shape index (κ3) is 2.31. The van der Waals surface area contributed by atoms with Crippen molar-refractivity contribution in [2.75, 3.05) is 19.1 Å². The molecule has 0 amide bonds. The maximum Gasteiger partial charge on any atom is 0.119 e. The third-order valence-electron chi connectivity index (χ3n) is 4.09.